The maximum absolute atomic E-state index is 13.2. The minimum absolute atomic E-state index is 0.109. The lowest BCUT2D eigenvalue weighted by Gasteiger charge is -2.39. The number of hydrogen-bond acceptors (Lipinski definition) is 6. The fourth-order valence-electron chi connectivity index (χ4n) is 4.52. The fraction of sp³-hybridized carbons (Fsp3) is 0.214. The zero-order valence-electron chi connectivity index (χ0n) is 20.3. The molecule has 1 fully saturated rings. The van der Waals surface area contributed by atoms with Crippen molar-refractivity contribution in [2.45, 2.75) is 12.4 Å². The van der Waals surface area contributed by atoms with Gasteiger partial charge in [-0.3, -0.25) is 9.69 Å². The van der Waals surface area contributed by atoms with Crippen molar-refractivity contribution in [3.05, 3.63) is 107 Å². The van der Waals surface area contributed by atoms with Gasteiger partial charge in [0.15, 0.2) is 5.13 Å². The summed E-state index contributed by atoms with van der Waals surface area (Å²) in [4.78, 5) is 21.8. The summed E-state index contributed by atoms with van der Waals surface area (Å²) in [6.07, 6.45) is -4.74. The van der Waals surface area contributed by atoms with Crippen molar-refractivity contribution >= 4 is 28.1 Å². The maximum atomic E-state index is 13.2. The Morgan fingerprint density at radius 1 is 0.868 bits per heavy atom. The SMILES string of the molecule is O=C(c1csc(Nc2ccc(OC(F)(F)F)cc2)n1)N1CCN(C(c2ccccc2)c2ccccc2)CC1. The number of piperazine rings is 1. The topological polar surface area (TPSA) is 57.7 Å². The van der Waals surface area contributed by atoms with E-state index in [0.29, 0.717) is 29.6 Å². The van der Waals surface area contributed by atoms with E-state index in [4.69, 9.17) is 0 Å². The van der Waals surface area contributed by atoms with Gasteiger partial charge in [0.05, 0.1) is 6.04 Å². The number of thiazole rings is 1. The van der Waals surface area contributed by atoms with Gasteiger partial charge in [-0.1, -0.05) is 60.7 Å². The van der Waals surface area contributed by atoms with Crippen molar-refractivity contribution in [2.24, 2.45) is 0 Å². The van der Waals surface area contributed by atoms with Crippen LogP contribution in [0.2, 0.25) is 0 Å². The summed E-state index contributed by atoms with van der Waals surface area (Å²) in [5, 5.41) is 5.19. The Morgan fingerprint density at radius 2 is 1.45 bits per heavy atom. The van der Waals surface area contributed by atoms with Crippen molar-refractivity contribution < 1.29 is 22.7 Å². The lowest BCUT2D eigenvalue weighted by molar-refractivity contribution is -0.274. The van der Waals surface area contributed by atoms with E-state index in [0.717, 1.165) is 13.1 Å². The van der Waals surface area contributed by atoms with Gasteiger partial charge in [-0.2, -0.15) is 0 Å². The lowest BCUT2D eigenvalue weighted by Crippen LogP contribution is -2.50. The van der Waals surface area contributed by atoms with Gasteiger partial charge in [0.2, 0.25) is 0 Å². The highest BCUT2D eigenvalue weighted by molar-refractivity contribution is 7.14. The smallest absolute Gasteiger partial charge is 0.406 e. The molecule has 0 aliphatic carbocycles. The van der Waals surface area contributed by atoms with Crippen LogP contribution in [-0.2, 0) is 0 Å². The average Bonchev–Trinajstić information content (AvgIpc) is 3.39. The molecule has 38 heavy (non-hydrogen) atoms. The molecular weight excluding hydrogens is 513 g/mol. The summed E-state index contributed by atoms with van der Waals surface area (Å²) in [6.45, 7) is 2.61. The molecule has 6 nitrogen and oxygen atoms in total. The molecule has 0 unspecified atom stereocenters. The molecule has 1 N–H and O–H groups in total. The molecule has 1 saturated heterocycles. The molecule has 10 heteroatoms. The second-order valence-corrected chi connectivity index (χ2v) is 9.65. The molecule has 4 aromatic rings. The zero-order valence-corrected chi connectivity index (χ0v) is 21.1. The molecule has 0 radical (unpaired) electrons. The summed E-state index contributed by atoms with van der Waals surface area (Å²) in [7, 11) is 0. The number of nitrogens with one attached hydrogen (secondary N) is 1. The van der Waals surface area contributed by atoms with E-state index in [9.17, 15) is 18.0 Å². The van der Waals surface area contributed by atoms with Gasteiger partial charge < -0.3 is 15.0 Å². The molecule has 3 aromatic carbocycles. The molecule has 1 amide bonds. The van der Waals surface area contributed by atoms with Crippen molar-refractivity contribution in [1.82, 2.24) is 14.8 Å². The number of amides is 1. The number of rotatable bonds is 7. The van der Waals surface area contributed by atoms with Gasteiger partial charge in [-0.25, -0.2) is 4.98 Å². The van der Waals surface area contributed by atoms with Gasteiger partial charge in [-0.05, 0) is 35.4 Å². The van der Waals surface area contributed by atoms with E-state index in [1.807, 2.05) is 41.3 Å². The second kappa shape index (κ2) is 11.2. The molecule has 1 aromatic heterocycles. The Bertz CT molecular complexity index is 1300. The Hall–Kier alpha value is -3.89. The molecule has 0 atom stereocenters. The third kappa shape index (κ3) is 6.32. The maximum Gasteiger partial charge on any atom is 0.573 e. The highest BCUT2D eigenvalue weighted by atomic mass is 32.1. The molecule has 0 saturated carbocycles. The molecular formula is C28H25F3N4O2S. The molecule has 196 valence electrons. The summed E-state index contributed by atoms with van der Waals surface area (Å²) in [5.41, 5.74) is 3.30. The van der Waals surface area contributed by atoms with Crippen molar-refractivity contribution in [1.29, 1.82) is 0 Å². The zero-order chi connectivity index (χ0) is 26.5. The number of halogens is 3. The minimum Gasteiger partial charge on any atom is -0.406 e. The first-order valence-corrected chi connectivity index (χ1v) is 13.0. The van der Waals surface area contributed by atoms with Gasteiger partial charge in [0, 0.05) is 37.2 Å². The van der Waals surface area contributed by atoms with Crippen molar-refractivity contribution in [3.8, 4) is 5.75 Å². The first kappa shape index (κ1) is 25.7. The third-order valence-corrected chi connectivity index (χ3v) is 7.02. The number of nitrogens with zero attached hydrogens (tertiary/aromatic N) is 3. The second-order valence-electron chi connectivity index (χ2n) is 8.79. The van der Waals surface area contributed by atoms with E-state index < -0.39 is 6.36 Å². The van der Waals surface area contributed by atoms with Crippen molar-refractivity contribution in [2.75, 3.05) is 31.5 Å². The number of carbonyl (C=O) groups is 1. The predicted octanol–water partition coefficient (Wildman–Crippen LogP) is 6.33. The number of benzene rings is 3. The largest absolute Gasteiger partial charge is 0.573 e. The van der Waals surface area contributed by atoms with E-state index in [-0.39, 0.29) is 17.7 Å². The van der Waals surface area contributed by atoms with Crippen molar-refractivity contribution in [3.63, 3.8) is 0 Å². The van der Waals surface area contributed by atoms with Crippen LogP contribution in [-0.4, -0.2) is 53.2 Å². The molecule has 2 heterocycles. The summed E-state index contributed by atoms with van der Waals surface area (Å²) >= 11 is 1.26. The van der Waals surface area contributed by atoms with Crippen LogP contribution in [0.1, 0.15) is 27.7 Å². The van der Waals surface area contributed by atoms with E-state index in [2.05, 4.69) is 44.2 Å². The number of alkyl halides is 3. The quantitative estimate of drug-likeness (QED) is 0.298. The number of aromatic nitrogens is 1. The third-order valence-electron chi connectivity index (χ3n) is 6.26. The minimum atomic E-state index is -4.74. The van der Waals surface area contributed by atoms with Crippen LogP contribution in [0.4, 0.5) is 24.0 Å². The Morgan fingerprint density at radius 3 is 2.00 bits per heavy atom. The Labute approximate surface area is 222 Å². The monoisotopic (exact) mass is 538 g/mol. The van der Waals surface area contributed by atoms with E-state index in [1.165, 1.54) is 46.7 Å². The average molecular weight is 539 g/mol. The first-order chi connectivity index (χ1) is 18.4. The summed E-state index contributed by atoms with van der Waals surface area (Å²) in [6, 6.07) is 26.2. The number of hydrogen-bond donors (Lipinski definition) is 1. The normalized spacial score (nSPS) is 14.5. The molecule has 5 rings (SSSR count). The highest BCUT2D eigenvalue weighted by Gasteiger charge is 2.31. The van der Waals surface area contributed by atoms with Crippen LogP contribution < -0.4 is 10.1 Å². The fourth-order valence-corrected chi connectivity index (χ4v) is 5.23. The predicted molar refractivity (Wildman–Crippen MR) is 141 cm³/mol. The number of carbonyl (C=O) groups excluding carboxylic acids is 1. The Kier molecular flexibility index (Phi) is 7.62. The van der Waals surface area contributed by atoms with E-state index >= 15 is 0 Å². The van der Waals surface area contributed by atoms with E-state index in [1.54, 1.807) is 5.38 Å². The number of ether oxygens (including phenoxy) is 1. The molecule has 0 bridgehead atoms. The highest BCUT2D eigenvalue weighted by Crippen LogP contribution is 2.30. The van der Waals surface area contributed by atoms with Gasteiger partial charge >= 0.3 is 6.36 Å². The van der Waals surface area contributed by atoms with Gasteiger partial charge in [0.25, 0.3) is 5.91 Å². The van der Waals surface area contributed by atoms with Gasteiger partial charge in [0.1, 0.15) is 11.4 Å². The summed E-state index contributed by atoms with van der Waals surface area (Å²) in [5.74, 6) is -0.446. The van der Waals surface area contributed by atoms with Crippen LogP contribution in [0, 0.1) is 0 Å². The van der Waals surface area contributed by atoms with Crippen LogP contribution >= 0.6 is 11.3 Å². The van der Waals surface area contributed by atoms with Crippen LogP contribution in [0.3, 0.4) is 0 Å². The summed E-state index contributed by atoms with van der Waals surface area (Å²) < 4.78 is 40.9. The first-order valence-electron chi connectivity index (χ1n) is 12.1. The van der Waals surface area contributed by atoms with Crippen LogP contribution in [0.25, 0.3) is 0 Å². The Balaban J connectivity index is 1.21. The molecule has 1 aliphatic rings. The molecule has 0 spiro atoms. The number of anilines is 2. The van der Waals surface area contributed by atoms with Crippen LogP contribution in [0.15, 0.2) is 90.3 Å². The lowest BCUT2D eigenvalue weighted by atomic mass is 9.96. The van der Waals surface area contributed by atoms with Crippen LogP contribution in [0.5, 0.6) is 5.75 Å². The van der Waals surface area contributed by atoms with Gasteiger partial charge in [-0.15, -0.1) is 24.5 Å². The standard InChI is InChI=1S/C28H25F3N4O2S/c29-28(30,31)37-23-13-11-22(12-14-23)32-27-33-24(19-38-27)26(36)35-17-15-34(16-18-35)25(20-7-3-1-4-8-20)21-9-5-2-6-10-21/h1-14,19,25H,15-18H2,(H,32,33). The molecule has 1 aliphatic heterocycles.